The molecule has 0 bridgehead atoms. The molecule has 0 spiro atoms. The van der Waals surface area contributed by atoms with Crippen LogP contribution in [0.2, 0.25) is 0 Å². The number of pyridine rings is 1. The van der Waals surface area contributed by atoms with Crippen molar-refractivity contribution in [3.63, 3.8) is 0 Å². The summed E-state index contributed by atoms with van der Waals surface area (Å²) in [7, 11) is 0. The van der Waals surface area contributed by atoms with Gasteiger partial charge in [0.2, 0.25) is 0 Å². The molecule has 1 nitrogen and oxygen atoms in total. The van der Waals surface area contributed by atoms with Gasteiger partial charge in [-0.25, -0.2) is 4.39 Å². The molecule has 1 rings (SSSR count). The van der Waals surface area contributed by atoms with Crippen molar-refractivity contribution >= 4 is 15.9 Å². The molecule has 1 heterocycles. The highest BCUT2D eigenvalue weighted by Crippen LogP contribution is 2.24. The molecule has 0 aliphatic carbocycles. The van der Waals surface area contributed by atoms with E-state index >= 15 is 0 Å². The van der Waals surface area contributed by atoms with Crippen LogP contribution in [0.3, 0.4) is 0 Å². The van der Waals surface area contributed by atoms with Crippen molar-refractivity contribution < 1.29 is 4.39 Å². The molecule has 0 aromatic carbocycles. The van der Waals surface area contributed by atoms with E-state index in [0.29, 0.717) is 5.69 Å². The van der Waals surface area contributed by atoms with Crippen LogP contribution < -0.4 is 0 Å². The van der Waals surface area contributed by atoms with E-state index in [-0.39, 0.29) is 10.6 Å². The van der Waals surface area contributed by atoms with Gasteiger partial charge in [-0.15, -0.1) is 0 Å². The van der Waals surface area contributed by atoms with Crippen LogP contribution in [0.1, 0.15) is 29.6 Å². The second kappa shape index (κ2) is 3.99. The van der Waals surface area contributed by atoms with Crippen LogP contribution in [0.5, 0.6) is 0 Å². The lowest BCUT2D eigenvalue weighted by molar-refractivity contribution is 0.606. The maximum absolute atomic E-state index is 12.8. The second-order valence-electron chi connectivity index (χ2n) is 2.68. The van der Waals surface area contributed by atoms with E-state index in [2.05, 4.69) is 27.8 Å². The number of hydrogen-bond donors (Lipinski definition) is 0. The van der Waals surface area contributed by atoms with Gasteiger partial charge in [0.05, 0.1) is 16.2 Å². The van der Waals surface area contributed by atoms with Crippen molar-refractivity contribution in [3.05, 3.63) is 29.3 Å². The fraction of sp³-hybridized carbons (Fsp3) is 0.444. The normalized spacial score (nSPS) is 13.0. The van der Waals surface area contributed by atoms with Gasteiger partial charge < -0.3 is 0 Å². The molecule has 3 heteroatoms. The fourth-order valence-corrected chi connectivity index (χ4v) is 1.20. The Kier molecular flexibility index (Phi) is 3.20. The molecule has 1 atom stereocenters. The molecular formula is C9H11BrFN. The molecule has 0 aliphatic heterocycles. The van der Waals surface area contributed by atoms with Gasteiger partial charge in [-0.3, -0.25) is 4.98 Å². The summed E-state index contributed by atoms with van der Waals surface area (Å²) in [6.07, 6.45) is 0.956. The number of nitrogens with zero attached hydrogens (tertiary/aromatic N) is 1. The van der Waals surface area contributed by atoms with Crippen molar-refractivity contribution in [2.45, 2.75) is 25.1 Å². The summed E-state index contributed by atoms with van der Waals surface area (Å²) in [5.74, 6) is -0.241. The smallest absolute Gasteiger partial charge is 0.144 e. The third-order valence-electron chi connectivity index (χ3n) is 1.72. The summed E-state index contributed by atoms with van der Waals surface area (Å²) in [5.41, 5.74) is 1.36. The highest BCUT2D eigenvalue weighted by atomic mass is 79.9. The Balaban J connectivity index is 2.96. The van der Waals surface area contributed by atoms with Gasteiger partial charge in [-0.2, -0.15) is 0 Å². The first-order valence-corrected chi connectivity index (χ1v) is 4.83. The van der Waals surface area contributed by atoms with Crippen LogP contribution in [-0.2, 0) is 0 Å². The first-order chi connectivity index (χ1) is 5.65. The molecule has 0 N–H and O–H groups in total. The summed E-state index contributed by atoms with van der Waals surface area (Å²) in [6.45, 7) is 3.73. The van der Waals surface area contributed by atoms with Crippen molar-refractivity contribution in [3.8, 4) is 0 Å². The minimum Gasteiger partial charge on any atom is -0.254 e. The standard InChI is InChI=1S/C9H11BrFN/c1-3-7(10)9-5-4-8(11)6(2)12-9/h4-5,7H,3H2,1-2H3. The lowest BCUT2D eigenvalue weighted by Crippen LogP contribution is -1.96. The van der Waals surface area contributed by atoms with Gasteiger partial charge >= 0.3 is 0 Å². The molecule has 0 fully saturated rings. The number of aromatic nitrogens is 1. The predicted octanol–water partition coefficient (Wildman–Crippen LogP) is 3.38. The van der Waals surface area contributed by atoms with Crippen LogP contribution in [0.25, 0.3) is 0 Å². The van der Waals surface area contributed by atoms with Gasteiger partial charge in [0.15, 0.2) is 0 Å². The Bertz CT molecular complexity index is 275. The van der Waals surface area contributed by atoms with Crippen molar-refractivity contribution in [2.24, 2.45) is 0 Å². The van der Waals surface area contributed by atoms with Gasteiger partial charge in [-0.05, 0) is 25.5 Å². The van der Waals surface area contributed by atoms with Crippen LogP contribution in [-0.4, -0.2) is 4.98 Å². The van der Waals surface area contributed by atoms with E-state index in [1.807, 2.05) is 0 Å². The topological polar surface area (TPSA) is 12.9 Å². The first kappa shape index (κ1) is 9.65. The predicted molar refractivity (Wildman–Crippen MR) is 50.9 cm³/mol. The van der Waals surface area contributed by atoms with E-state index in [1.165, 1.54) is 6.07 Å². The van der Waals surface area contributed by atoms with Crippen molar-refractivity contribution in [1.29, 1.82) is 0 Å². The number of rotatable bonds is 2. The molecular weight excluding hydrogens is 221 g/mol. The molecule has 0 aliphatic rings. The molecule has 0 amide bonds. The minimum atomic E-state index is -0.241. The monoisotopic (exact) mass is 231 g/mol. The van der Waals surface area contributed by atoms with Crippen LogP contribution in [0.4, 0.5) is 4.39 Å². The third kappa shape index (κ3) is 2.03. The quantitative estimate of drug-likeness (QED) is 0.712. The van der Waals surface area contributed by atoms with E-state index in [0.717, 1.165) is 12.1 Å². The summed E-state index contributed by atoms with van der Waals surface area (Å²) in [5, 5.41) is 0. The Morgan fingerprint density at radius 2 is 2.25 bits per heavy atom. The lowest BCUT2D eigenvalue weighted by atomic mass is 10.2. The minimum absolute atomic E-state index is 0.233. The number of halogens is 2. The molecule has 66 valence electrons. The van der Waals surface area contributed by atoms with Gasteiger partial charge in [0.25, 0.3) is 0 Å². The van der Waals surface area contributed by atoms with E-state index in [9.17, 15) is 4.39 Å². The zero-order valence-corrected chi connectivity index (χ0v) is 8.73. The van der Waals surface area contributed by atoms with Crippen LogP contribution in [0, 0.1) is 12.7 Å². The fourth-order valence-electron chi connectivity index (χ4n) is 0.947. The molecule has 0 radical (unpaired) electrons. The molecule has 12 heavy (non-hydrogen) atoms. The summed E-state index contributed by atoms with van der Waals surface area (Å²) in [4.78, 5) is 4.35. The van der Waals surface area contributed by atoms with Crippen LogP contribution in [0.15, 0.2) is 12.1 Å². The zero-order valence-electron chi connectivity index (χ0n) is 7.14. The Morgan fingerprint density at radius 3 is 2.75 bits per heavy atom. The average molecular weight is 232 g/mol. The zero-order chi connectivity index (χ0) is 9.14. The molecule has 1 aromatic rings. The van der Waals surface area contributed by atoms with E-state index in [4.69, 9.17) is 0 Å². The van der Waals surface area contributed by atoms with Crippen LogP contribution >= 0.6 is 15.9 Å². The van der Waals surface area contributed by atoms with E-state index < -0.39 is 0 Å². The highest BCUT2D eigenvalue weighted by molar-refractivity contribution is 9.09. The molecule has 0 saturated carbocycles. The number of aryl methyl sites for hydroxylation is 1. The summed E-state index contributed by atoms with van der Waals surface area (Å²) < 4.78 is 12.8. The Labute approximate surface area is 80.1 Å². The largest absolute Gasteiger partial charge is 0.254 e. The number of alkyl halides is 1. The first-order valence-electron chi connectivity index (χ1n) is 3.92. The lowest BCUT2D eigenvalue weighted by Gasteiger charge is -2.06. The van der Waals surface area contributed by atoms with Gasteiger partial charge in [0.1, 0.15) is 5.82 Å². The van der Waals surface area contributed by atoms with Crippen molar-refractivity contribution in [1.82, 2.24) is 4.98 Å². The Morgan fingerprint density at radius 1 is 1.58 bits per heavy atom. The van der Waals surface area contributed by atoms with Gasteiger partial charge in [0, 0.05) is 0 Å². The van der Waals surface area contributed by atoms with Crippen molar-refractivity contribution in [2.75, 3.05) is 0 Å². The SMILES string of the molecule is CCC(Br)c1ccc(F)c(C)n1. The molecule has 1 unspecified atom stereocenters. The summed E-state index contributed by atoms with van der Waals surface area (Å²) >= 11 is 3.46. The van der Waals surface area contributed by atoms with E-state index in [1.54, 1.807) is 13.0 Å². The highest BCUT2D eigenvalue weighted by Gasteiger charge is 2.07. The molecule has 1 aromatic heterocycles. The maximum Gasteiger partial charge on any atom is 0.144 e. The average Bonchev–Trinajstić information content (AvgIpc) is 2.08. The maximum atomic E-state index is 12.8. The summed E-state index contributed by atoms with van der Waals surface area (Å²) in [6, 6.07) is 3.17. The molecule has 0 saturated heterocycles. The second-order valence-corrected chi connectivity index (χ2v) is 3.78. The third-order valence-corrected chi connectivity index (χ3v) is 2.84. The number of hydrogen-bond acceptors (Lipinski definition) is 1. The Hall–Kier alpha value is -0.440. The van der Waals surface area contributed by atoms with Gasteiger partial charge in [-0.1, -0.05) is 22.9 Å².